The molecular formula is C13H22N4. The first kappa shape index (κ1) is 11.2. The van der Waals surface area contributed by atoms with E-state index in [1.807, 2.05) is 0 Å². The standard InChI is InChI=1S/C13H22N4/c14-9-12-15-16-13(17(12)11-7-8-11)10-5-3-1-2-4-6-10/h10-11H,1-9,14H2. The van der Waals surface area contributed by atoms with Crippen LogP contribution in [0.4, 0.5) is 0 Å². The topological polar surface area (TPSA) is 56.7 Å². The van der Waals surface area contributed by atoms with E-state index in [0.29, 0.717) is 18.5 Å². The van der Waals surface area contributed by atoms with Gasteiger partial charge in [0.1, 0.15) is 11.6 Å². The van der Waals surface area contributed by atoms with Gasteiger partial charge in [0.15, 0.2) is 0 Å². The van der Waals surface area contributed by atoms with Gasteiger partial charge < -0.3 is 10.3 Å². The van der Waals surface area contributed by atoms with Crippen LogP contribution in [-0.4, -0.2) is 14.8 Å². The number of nitrogens with two attached hydrogens (primary N) is 1. The van der Waals surface area contributed by atoms with Crippen molar-refractivity contribution < 1.29 is 0 Å². The minimum atomic E-state index is 0.524. The second-order valence-corrected chi connectivity index (χ2v) is 5.47. The molecule has 4 nitrogen and oxygen atoms in total. The average Bonchev–Trinajstić information content (AvgIpc) is 3.14. The maximum absolute atomic E-state index is 5.77. The summed E-state index contributed by atoms with van der Waals surface area (Å²) in [6.07, 6.45) is 10.6. The molecule has 0 aliphatic heterocycles. The zero-order valence-corrected chi connectivity index (χ0v) is 10.4. The Labute approximate surface area is 103 Å². The van der Waals surface area contributed by atoms with E-state index in [2.05, 4.69) is 14.8 Å². The summed E-state index contributed by atoms with van der Waals surface area (Å²) < 4.78 is 2.36. The molecule has 0 bridgehead atoms. The Hall–Kier alpha value is -0.900. The Balaban J connectivity index is 1.87. The van der Waals surface area contributed by atoms with Crippen molar-refractivity contribution in [2.75, 3.05) is 0 Å². The second-order valence-electron chi connectivity index (χ2n) is 5.47. The highest BCUT2D eigenvalue weighted by molar-refractivity contribution is 5.07. The summed E-state index contributed by atoms with van der Waals surface area (Å²) in [7, 11) is 0. The summed E-state index contributed by atoms with van der Waals surface area (Å²) in [4.78, 5) is 0. The largest absolute Gasteiger partial charge is 0.324 e. The number of hydrogen-bond acceptors (Lipinski definition) is 3. The van der Waals surface area contributed by atoms with Gasteiger partial charge in [-0.25, -0.2) is 0 Å². The van der Waals surface area contributed by atoms with E-state index < -0.39 is 0 Å². The molecule has 1 aromatic rings. The van der Waals surface area contributed by atoms with Crippen molar-refractivity contribution in [3.05, 3.63) is 11.6 Å². The first-order valence-corrected chi connectivity index (χ1v) is 7.04. The lowest BCUT2D eigenvalue weighted by atomic mass is 9.99. The van der Waals surface area contributed by atoms with Crippen molar-refractivity contribution in [1.82, 2.24) is 14.8 Å². The molecule has 2 fully saturated rings. The monoisotopic (exact) mass is 234 g/mol. The zero-order chi connectivity index (χ0) is 11.7. The predicted octanol–water partition coefficient (Wildman–Crippen LogP) is 2.51. The van der Waals surface area contributed by atoms with Crippen molar-refractivity contribution in [2.24, 2.45) is 5.73 Å². The molecule has 0 radical (unpaired) electrons. The predicted molar refractivity (Wildman–Crippen MR) is 66.6 cm³/mol. The molecule has 2 saturated carbocycles. The summed E-state index contributed by atoms with van der Waals surface area (Å²) in [6, 6.07) is 0.654. The van der Waals surface area contributed by atoms with Crippen molar-refractivity contribution in [3.8, 4) is 0 Å². The molecule has 2 aliphatic carbocycles. The molecule has 0 saturated heterocycles. The Morgan fingerprint density at radius 3 is 2.29 bits per heavy atom. The minimum Gasteiger partial charge on any atom is -0.324 e. The number of nitrogens with zero attached hydrogens (tertiary/aromatic N) is 3. The molecule has 17 heavy (non-hydrogen) atoms. The lowest BCUT2D eigenvalue weighted by molar-refractivity contribution is 0.517. The van der Waals surface area contributed by atoms with Gasteiger partial charge in [0.05, 0.1) is 6.54 Å². The SMILES string of the molecule is NCc1nnc(C2CCCCCC2)n1C1CC1. The Kier molecular flexibility index (Phi) is 3.14. The van der Waals surface area contributed by atoms with Gasteiger partial charge in [-0.1, -0.05) is 25.7 Å². The van der Waals surface area contributed by atoms with Crippen LogP contribution in [0, 0.1) is 0 Å². The van der Waals surface area contributed by atoms with Gasteiger partial charge in [-0.2, -0.15) is 0 Å². The van der Waals surface area contributed by atoms with Gasteiger partial charge in [0.25, 0.3) is 0 Å². The van der Waals surface area contributed by atoms with Gasteiger partial charge >= 0.3 is 0 Å². The fraction of sp³-hybridized carbons (Fsp3) is 0.846. The minimum absolute atomic E-state index is 0.524. The number of hydrogen-bond donors (Lipinski definition) is 1. The number of aromatic nitrogens is 3. The fourth-order valence-corrected chi connectivity index (χ4v) is 3.02. The normalized spacial score (nSPS) is 22.6. The van der Waals surface area contributed by atoms with Crippen LogP contribution in [0.25, 0.3) is 0 Å². The smallest absolute Gasteiger partial charge is 0.147 e. The summed E-state index contributed by atoms with van der Waals surface area (Å²) in [5.74, 6) is 2.85. The molecule has 94 valence electrons. The van der Waals surface area contributed by atoms with E-state index in [0.717, 1.165) is 5.82 Å². The van der Waals surface area contributed by atoms with Gasteiger partial charge in [-0.05, 0) is 25.7 Å². The molecule has 3 rings (SSSR count). The van der Waals surface area contributed by atoms with Gasteiger partial charge in [-0.3, -0.25) is 0 Å². The van der Waals surface area contributed by atoms with Crippen molar-refractivity contribution in [1.29, 1.82) is 0 Å². The van der Waals surface area contributed by atoms with Crippen LogP contribution in [0.2, 0.25) is 0 Å². The van der Waals surface area contributed by atoms with Gasteiger partial charge in [0.2, 0.25) is 0 Å². The third-order valence-corrected chi connectivity index (χ3v) is 4.11. The van der Waals surface area contributed by atoms with Crippen molar-refractivity contribution in [3.63, 3.8) is 0 Å². The van der Waals surface area contributed by atoms with Gasteiger partial charge in [0, 0.05) is 12.0 Å². The van der Waals surface area contributed by atoms with E-state index >= 15 is 0 Å². The summed E-state index contributed by atoms with van der Waals surface area (Å²) >= 11 is 0. The molecule has 1 heterocycles. The highest BCUT2D eigenvalue weighted by atomic mass is 15.3. The Bertz CT molecular complexity index is 373. The highest BCUT2D eigenvalue weighted by Crippen LogP contribution is 2.40. The second kappa shape index (κ2) is 4.77. The molecule has 0 aromatic carbocycles. The Morgan fingerprint density at radius 2 is 1.71 bits per heavy atom. The molecule has 0 amide bonds. The van der Waals surface area contributed by atoms with E-state index in [-0.39, 0.29) is 0 Å². The van der Waals surface area contributed by atoms with Gasteiger partial charge in [-0.15, -0.1) is 10.2 Å². The molecule has 0 spiro atoms. The van der Waals surface area contributed by atoms with Crippen LogP contribution in [0.1, 0.15) is 75.0 Å². The Morgan fingerprint density at radius 1 is 1.00 bits per heavy atom. The van der Waals surface area contributed by atoms with E-state index in [1.54, 1.807) is 0 Å². The molecular weight excluding hydrogens is 212 g/mol. The van der Waals surface area contributed by atoms with Crippen LogP contribution in [0.5, 0.6) is 0 Å². The lowest BCUT2D eigenvalue weighted by Crippen LogP contribution is -2.12. The summed E-state index contributed by atoms with van der Waals surface area (Å²) in [5, 5.41) is 8.74. The van der Waals surface area contributed by atoms with E-state index in [9.17, 15) is 0 Å². The number of rotatable bonds is 3. The van der Waals surface area contributed by atoms with E-state index in [4.69, 9.17) is 5.73 Å². The maximum atomic E-state index is 5.77. The fourth-order valence-electron chi connectivity index (χ4n) is 3.02. The summed E-state index contributed by atoms with van der Waals surface area (Å²) in [5.41, 5.74) is 5.77. The molecule has 2 N–H and O–H groups in total. The van der Waals surface area contributed by atoms with Crippen LogP contribution >= 0.6 is 0 Å². The van der Waals surface area contributed by atoms with Crippen LogP contribution < -0.4 is 5.73 Å². The van der Waals surface area contributed by atoms with Crippen molar-refractivity contribution in [2.45, 2.75) is 69.9 Å². The third-order valence-electron chi connectivity index (χ3n) is 4.11. The zero-order valence-electron chi connectivity index (χ0n) is 10.4. The first-order valence-electron chi connectivity index (χ1n) is 7.04. The quantitative estimate of drug-likeness (QED) is 0.817. The molecule has 0 atom stereocenters. The van der Waals surface area contributed by atoms with Crippen molar-refractivity contribution >= 4 is 0 Å². The molecule has 2 aliphatic rings. The van der Waals surface area contributed by atoms with E-state index in [1.165, 1.54) is 57.2 Å². The van der Waals surface area contributed by atoms with Crippen LogP contribution in [-0.2, 0) is 6.54 Å². The maximum Gasteiger partial charge on any atom is 0.147 e. The van der Waals surface area contributed by atoms with Crippen LogP contribution in [0.3, 0.4) is 0 Å². The lowest BCUT2D eigenvalue weighted by Gasteiger charge is -2.15. The molecule has 1 aromatic heterocycles. The first-order chi connectivity index (χ1) is 8.40. The highest BCUT2D eigenvalue weighted by Gasteiger charge is 2.31. The molecule has 4 heteroatoms. The molecule has 0 unspecified atom stereocenters. The third kappa shape index (κ3) is 2.23. The average molecular weight is 234 g/mol. The van der Waals surface area contributed by atoms with Crippen LogP contribution in [0.15, 0.2) is 0 Å². The summed E-state index contributed by atoms with van der Waals surface area (Å²) in [6.45, 7) is 0.524.